The fourth-order valence-corrected chi connectivity index (χ4v) is 2.88. The van der Waals surface area contributed by atoms with Gasteiger partial charge in [-0.05, 0) is 56.4 Å². The first-order chi connectivity index (χ1) is 7.55. The summed E-state index contributed by atoms with van der Waals surface area (Å²) in [6, 6.07) is 4.29. The summed E-state index contributed by atoms with van der Waals surface area (Å²) in [6.07, 6.45) is 3.85. The predicted molar refractivity (Wildman–Crippen MR) is 62.8 cm³/mol. The molecule has 0 saturated heterocycles. The highest BCUT2D eigenvalue weighted by Crippen LogP contribution is 2.42. The van der Waals surface area contributed by atoms with Crippen molar-refractivity contribution in [2.45, 2.75) is 51.2 Å². The highest BCUT2D eigenvalue weighted by Gasteiger charge is 2.33. The molecule has 0 amide bonds. The first-order valence-electron chi connectivity index (χ1n) is 6.08. The maximum absolute atomic E-state index is 10.1. The highest BCUT2D eigenvalue weighted by atomic mass is 16.5. The lowest BCUT2D eigenvalue weighted by Crippen LogP contribution is -2.34. The number of rotatable bonds is 0. The van der Waals surface area contributed by atoms with Gasteiger partial charge in [-0.2, -0.15) is 0 Å². The molecule has 2 heteroatoms. The number of hydrogen-bond donors (Lipinski definition) is 1. The summed E-state index contributed by atoms with van der Waals surface area (Å²) in [6.45, 7) is 4.07. The number of ether oxygens (including phenoxy) is 1. The molecule has 1 aliphatic carbocycles. The second-order valence-electron chi connectivity index (χ2n) is 5.59. The summed E-state index contributed by atoms with van der Waals surface area (Å²) in [7, 11) is 0. The largest absolute Gasteiger partial charge is 0.487 e. The number of benzene rings is 1. The van der Waals surface area contributed by atoms with Gasteiger partial charge in [0.15, 0.2) is 0 Å². The predicted octanol–water partition coefficient (Wildman–Crippen LogP) is 2.77. The molecule has 0 bridgehead atoms. The lowest BCUT2D eigenvalue weighted by molar-refractivity contribution is 0.0114. The van der Waals surface area contributed by atoms with E-state index >= 15 is 0 Å². The Morgan fingerprint density at radius 1 is 1.25 bits per heavy atom. The molecule has 3 rings (SSSR count). The van der Waals surface area contributed by atoms with E-state index in [0.717, 1.165) is 24.2 Å². The van der Waals surface area contributed by atoms with Crippen LogP contribution in [0.5, 0.6) is 5.75 Å². The Balaban J connectivity index is 2.09. The third-order valence-electron chi connectivity index (χ3n) is 3.65. The fraction of sp³-hybridized carbons (Fsp3) is 0.571. The fourth-order valence-electron chi connectivity index (χ4n) is 2.88. The minimum Gasteiger partial charge on any atom is -0.487 e. The minimum atomic E-state index is -0.371. The molecule has 86 valence electrons. The molecule has 1 atom stereocenters. The Bertz CT molecular complexity index is 435. The van der Waals surface area contributed by atoms with Crippen LogP contribution in [0, 0.1) is 0 Å². The van der Waals surface area contributed by atoms with Crippen LogP contribution in [0.4, 0.5) is 0 Å². The number of fused-ring (bicyclic) bond motifs is 2. The van der Waals surface area contributed by atoms with E-state index < -0.39 is 0 Å². The Kier molecular flexibility index (Phi) is 2.05. The molecule has 2 nitrogen and oxygen atoms in total. The molecule has 0 radical (unpaired) electrons. The monoisotopic (exact) mass is 218 g/mol. The van der Waals surface area contributed by atoms with Gasteiger partial charge in [0.05, 0.1) is 6.10 Å². The van der Waals surface area contributed by atoms with Crippen LogP contribution in [-0.2, 0) is 12.8 Å². The topological polar surface area (TPSA) is 29.5 Å². The molecule has 16 heavy (non-hydrogen) atoms. The zero-order chi connectivity index (χ0) is 11.3. The van der Waals surface area contributed by atoms with E-state index in [-0.39, 0.29) is 11.7 Å². The smallest absolute Gasteiger partial charge is 0.126 e. The van der Waals surface area contributed by atoms with Crippen molar-refractivity contribution in [2.75, 3.05) is 0 Å². The van der Waals surface area contributed by atoms with Gasteiger partial charge in [0.1, 0.15) is 11.4 Å². The molecule has 1 heterocycles. The van der Waals surface area contributed by atoms with Gasteiger partial charge >= 0.3 is 0 Å². The molecule has 1 unspecified atom stereocenters. The number of aliphatic hydroxyl groups excluding tert-OH is 1. The lowest BCUT2D eigenvalue weighted by atomic mass is 9.90. The van der Waals surface area contributed by atoms with Gasteiger partial charge in [0.2, 0.25) is 0 Å². The van der Waals surface area contributed by atoms with Gasteiger partial charge in [-0.1, -0.05) is 0 Å². The Hall–Kier alpha value is -1.02. The average Bonchev–Trinajstić information content (AvgIpc) is 2.60. The summed E-state index contributed by atoms with van der Waals surface area (Å²) in [4.78, 5) is 0. The van der Waals surface area contributed by atoms with Gasteiger partial charge in [0.25, 0.3) is 0 Å². The molecular weight excluding hydrogens is 200 g/mol. The van der Waals surface area contributed by atoms with E-state index in [0.29, 0.717) is 6.42 Å². The number of aliphatic hydroxyl groups is 1. The first-order valence-corrected chi connectivity index (χ1v) is 6.08. The van der Waals surface area contributed by atoms with Gasteiger partial charge in [-0.15, -0.1) is 0 Å². The van der Waals surface area contributed by atoms with Crippen LogP contribution >= 0.6 is 0 Å². The summed E-state index contributed by atoms with van der Waals surface area (Å²) in [5, 5.41) is 10.1. The molecule has 0 spiro atoms. The molecular formula is C14H18O2. The van der Waals surface area contributed by atoms with Crippen molar-refractivity contribution in [2.24, 2.45) is 0 Å². The summed E-state index contributed by atoms with van der Waals surface area (Å²) in [5.41, 5.74) is 3.55. The van der Waals surface area contributed by atoms with Crippen LogP contribution in [0.15, 0.2) is 12.1 Å². The van der Waals surface area contributed by atoms with Gasteiger partial charge < -0.3 is 9.84 Å². The van der Waals surface area contributed by atoms with Crippen LogP contribution in [0.25, 0.3) is 0 Å². The van der Waals surface area contributed by atoms with Crippen molar-refractivity contribution in [3.8, 4) is 5.75 Å². The molecule has 0 fully saturated rings. The van der Waals surface area contributed by atoms with Crippen molar-refractivity contribution in [3.63, 3.8) is 0 Å². The van der Waals surface area contributed by atoms with E-state index in [2.05, 4.69) is 12.1 Å². The Labute approximate surface area is 96.2 Å². The quantitative estimate of drug-likeness (QED) is 0.725. The van der Waals surface area contributed by atoms with Crippen molar-refractivity contribution in [3.05, 3.63) is 28.8 Å². The van der Waals surface area contributed by atoms with E-state index in [1.54, 1.807) is 0 Å². The second-order valence-corrected chi connectivity index (χ2v) is 5.59. The Morgan fingerprint density at radius 2 is 1.94 bits per heavy atom. The third kappa shape index (κ3) is 1.52. The van der Waals surface area contributed by atoms with Crippen LogP contribution in [0.3, 0.4) is 0 Å². The van der Waals surface area contributed by atoms with Crippen LogP contribution < -0.4 is 4.74 Å². The molecule has 1 aliphatic heterocycles. The third-order valence-corrected chi connectivity index (χ3v) is 3.65. The molecule has 1 aromatic rings. The standard InChI is InChI=1S/C14H18O2/c1-14(2)8-12(15)11-6-9-4-3-5-10(9)7-13(11)16-14/h6-7,12,15H,3-5,8H2,1-2H3. The first kappa shape index (κ1) is 10.2. The molecule has 0 saturated carbocycles. The van der Waals surface area contributed by atoms with E-state index in [1.807, 2.05) is 13.8 Å². The van der Waals surface area contributed by atoms with Crippen molar-refractivity contribution >= 4 is 0 Å². The minimum absolute atomic E-state index is 0.251. The Morgan fingerprint density at radius 3 is 2.69 bits per heavy atom. The van der Waals surface area contributed by atoms with Crippen molar-refractivity contribution in [1.82, 2.24) is 0 Å². The van der Waals surface area contributed by atoms with Crippen LogP contribution in [-0.4, -0.2) is 10.7 Å². The van der Waals surface area contributed by atoms with Crippen molar-refractivity contribution in [1.29, 1.82) is 0 Å². The summed E-state index contributed by atoms with van der Waals surface area (Å²) >= 11 is 0. The molecule has 1 aromatic carbocycles. The molecule has 2 aliphatic rings. The zero-order valence-corrected chi connectivity index (χ0v) is 9.92. The van der Waals surface area contributed by atoms with E-state index in [4.69, 9.17) is 4.74 Å². The van der Waals surface area contributed by atoms with Crippen LogP contribution in [0.1, 0.15) is 49.5 Å². The molecule has 0 aromatic heterocycles. The summed E-state index contributed by atoms with van der Waals surface area (Å²) < 4.78 is 5.95. The van der Waals surface area contributed by atoms with Crippen molar-refractivity contribution < 1.29 is 9.84 Å². The van der Waals surface area contributed by atoms with E-state index in [1.165, 1.54) is 17.5 Å². The SMILES string of the molecule is CC1(C)CC(O)c2cc3c(cc2O1)CCC3. The zero-order valence-electron chi connectivity index (χ0n) is 9.92. The number of aryl methyl sites for hydroxylation is 2. The van der Waals surface area contributed by atoms with Gasteiger partial charge in [-0.25, -0.2) is 0 Å². The van der Waals surface area contributed by atoms with Crippen LogP contribution in [0.2, 0.25) is 0 Å². The normalized spacial score (nSPS) is 25.8. The molecule has 1 N–H and O–H groups in total. The van der Waals surface area contributed by atoms with E-state index in [9.17, 15) is 5.11 Å². The highest BCUT2D eigenvalue weighted by molar-refractivity contribution is 5.47. The maximum Gasteiger partial charge on any atom is 0.126 e. The lowest BCUT2D eigenvalue weighted by Gasteiger charge is -2.36. The maximum atomic E-state index is 10.1. The van der Waals surface area contributed by atoms with Gasteiger partial charge in [-0.3, -0.25) is 0 Å². The number of hydrogen-bond acceptors (Lipinski definition) is 2. The van der Waals surface area contributed by atoms with Gasteiger partial charge in [0, 0.05) is 12.0 Å². The second kappa shape index (κ2) is 3.24. The summed E-state index contributed by atoms with van der Waals surface area (Å²) in [5.74, 6) is 0.893. The average molecular weight is 218 g/mol.